The third kappa shape index (κ3) is 3.22. The van der Waals surface area contributed by atoms with Crippen molar-refractivity contribution in [2.75, 3.05) is 7.11 Å². The van der Waals surface area contributed by atoms with Crippen molar-refractivity contribution in [1.82, 2.24) is 5.32 Å². The lowest BCUT2D eigenvalue weighted by molar-refractivity contribution is 0.122. The van der Waals surface area contributed by atoms with Crippen LogP contribution in [0.5, 0.6) is 5.95 Å². The first-order chi connectivity index (χ1) is 10.7. The molecule has 1 aromatic carbocycles. The van der Waals surface area contributed by atoms with Gasteiger partial charge in [-0.25, -0.2) is 4.79 Å². The Balaban J connectivity index is 2.77. The smallest absolute Gasteiger partial charge is 0.405 e. The number of furan rings is 1. The van der Waals surface area contributed by atoms with Gasteiger partial charge in [0.2, 0.25) is 0 Å². The first-order valence-corrected chi connectivity index (χ1v) is 7.91. The molecule has 0 saturated carbocycles. The van der Waals surface area contributed by atoms with Crippen molar-refractivity contribution in [1.29, 1.82) is 0 Å². The Bertz CT molecular complexity index is 705. The van der Waals surface area contributed by atoms with Gasteiger partial charge in [-0.05, 0) is 29.2 Å². The third-order valence-corrected chi connectivity index (χ3v) is 4.32. The van der Waals surface area contributed by atoms with Gasteiger partial charge in [0.15, 0.2) is 0 Å². The number of nitrogens with one attached hydrogen (secondary N) is 1. The predicted octanol–water partition coefficient (Wildman–Crippen LogP) is 4.61. The first kappa shape index (κ1) is 17.4. The van der Waals surface area contributed by atoms with Crippen LogP contribution in [0.15, 0.2) is 45.3 Å². The Kier molecular flexibility index (Phi) is 4.75. The highest BCUT2D eigenvalue weighted by molar-refractivity contribution is 9.10. The molecule has 0 aliphatic heterocycles. The van der Waals surface area contributed by atoms with Crippen LogP contribution in [-0.4, -0.2) is 18.3 Å². The molecule has 23 heavy (non-hydrogen) atoms. The molecule has 1 unspecified atom stereocenters. The number of ether oxygens (including phenoxy) is 1. The van der Waals surface area contributed by atoms with Gasteiger partial charge in [0.25, 0.3) is 5.95 Å². The summed E-state index contributed by atoms with van der Waals surface area (Å²) in [5.41, 5.74) is -0.798. The monoisotopic (exact) mass is 381 g/mol. The quantitative estimate of drug-likeness (QED) is 0.810. The van der Waals surface area contributed by atoms with E-state index in [1.165, 1.54) is 7.11 Å². The number of amides is 1. The van der Waals surface area contributed by atoms with E-state index < -0.39 is 17.0 Å². The number of halogens is 1. The van der Waals surface area contributed by atoms with Gasteiger partial charge in [-0.2, -0.15) is 0 Å². The maximum Gasteiger partial charge on any atom is 0.405 e. The molecule has 2 rings (SSSR count). The summed E-state index contributed by atoms with van der Waals surface area (Å²) >= 11 is 3.45. The zero-order valence-corrected chi connectivity index (χ0v) is 15.1. The molecule has 0 fully saturated rings. The zero-order valence-electron chi connectivity index (χ0n) is 13.5. The number of benzene rings is 1. The van der Waals surface area contributed by atoms with E-state index >= 15 is 0 Å². The van der Waals surface area contributed by atoms with Gasteiger partial charge in [-0.1, -0.05) is 48.8 Å². The molecule has 1 aromatic heterocycles. The summed E-state index contributed by atoms with van der Waals surface area (Å²) in [7, 11) is 1.51. The molecule has 0 spiro atoms. The summed E-state index contributed by atoms with van der Waals surface area (Å²) in [6.07, 6.45) is -1.13. The lowest BCUT2D eigenvalue weighted by Crippen LogP contribution is -2.54. The molecule has 0 saturated heterocycles. The molecule has 0 radical (unpaired) electrons. The normalized spacial score (nSPS) is 14.1. The number of carbonyl (C=O) groups is 1. The molecular formula is C17H20BrNO4. The van der Waals surface area contributed by atoms with Crippen LogP contribution in [0.3, 0.4) is 0 Å². The van der Waals surface area contributed by atoms with Crippen LogP contribution < -0.4 is 10.1 Å². The van der Waals surface area contributed by atoms with Crippen molar-refractivity contribution >= 4 is 22.0 Å². The number of methoxy groups -OCH3 is 1. The molecule has 6 heteroatoms. The van der Waals surface area contributed by atoms with Crippen LogP contribution in [0, 0.1) is 5.41 Å². The molecule has 1 amide bonds. The molecule has 5 nitrogen and oxygen atoms in total. The predicted molar refractivity (Wildman–Crippen MR) is 90.8 cm³/mol. The molecule has 0 aliphatic carbocycles. The molecule has 124 valence electrons. The maximum atomic E-state index is 11.6. The maximum absolute atomic E-state index is 11.6. The first-order valence-electron chi connectivity index (χ1n) is 7.12. The van der Waals surface area contributed by atoms with Crippen molar-refractivity contribution in [3.8, 4) is 5.95 Å². The van der Waals surface area contributed by atoms with E-state index in [2.05, 4.69) is 21.2 Å². The van der Waals surface area contributed by atoms with Crippen molar-refractivity contribution in [3.63, 3.8) is 0 Å². The summed E-state index contributed by atoms with van der Waals surface area (Å²) in [4.78, 5) is 11.6. The second-order valence-corrected chi connectivity index (χ2v) is 7.18. The van der Waals surface area contributed by atoms with Crippen molar-refractivity contribution in [2.24, 2.45) is 5.41 Å². The van der Waals surface area contributed by atoms with E-state index in [0.717, 1.165) is 10.0 Å². The van der Waals surface area contributed by atoms with Crippen LogP contribution in [0.2, 0.25) is 0 Å². The van der Waals surface area contributed by atoms with E-state index in [1.54, 1.807) is 12.1 Å². The Morgan fingerprint density at radius 1 is 1.26 bits per heavy atom. The largest absolute Gasteiger partial charge is 0.468 e. The minimum Gasteiger partial charge on any atom is -0.468 e. The van der Waals surface area contributed by atoms with Gasteiger partial charge in [-0.3, -0.25) is 0 Å². The summed E-state index contributed by atoms with van der Waals surface area (Å²) in [6, 6.07) is 10.9. The number of carboxylic acid groups (broad SMARTS) is 1. The lowest BCUT2D eigenvalue weighted by Gasteiger charge is -2.43. The van der Waals surface area contributed by atoms with Crippen LogP contribution >= 0.6 is 15.9 Å². The highest BCUT2D eigenvalue weighted by Gasteiger charge is 2.49. The Morgan fingerprint density at radius 3 is 2.43 bits per heavy atom. The summed E-state index contributed by atoms with van der Waals surface area (Å²) in [6.45, 7) is 5.87. The molecule has 0 aliphatic rings. The van der Waals surface area contributed by atoms with E-state index in [4.69, 9.17) is 9.15 Å². The van der Waals surface area contributed by atoms with Crippen LogP contribution in [0.4, 0.5) is 4.79 Å². The van der Waals surface area contributed by atoms with Gasteiger partial charge in [0.1, 0.15) is 11.3 Å². The van der Waals surface area contributed by atoms with Crippen molar-refractivity contribution in [2.45, 2.75) is 26.3 Å². The second-order valence-electron chi connectivity index (χ2n) is 6.26. The molecule has 1 atom stereocenters. The van der Waals surface area contributed by atoms with Gasteiger partial charge >= 0.3 is 6.09 Å². The molecule has 1 heterocycles. The number of rotatable bonds is 4. The van der Waals surface area contributed by atoms with Crippen LogP contribution in [-0.2, 0) is 5.54 Å². The second kappa shape index (κ2) is 6.28. The van der Waals surface area contributed by atoms with Crippen LogP contribution in [0.25, 0.3) is 0 Å². The highest BCUT2D eigenvalue weighted by Crippen LogP contribution is 2.46. The fourth-order valence-corrected chi connectivity index (χ4v) is 3.18. The van der Waals surface area contributed by atoms with Crippen molar-refractivity contribution in [3.05, 3.63) is 52.2 Å². The van der Waals surface area contributed by atoms with E-state index in [9.17, 15) is 9.90 Å². The van der Waals surface area contributed by atoms with Gasteiger partial charge in [0, 0.05) is 10.5 Å². The SMILES string of the molecule is COc1ccc(C(NC(=O)O)(c2cccc(Br)c2)C(C)(C)C)o1. The fourth-order valence-electron chi connectivity index (χ4n) is 2.78. The fraction of sp³-hybridized carbons (Fsp3) is 0.353. The molecule has 2 N–H and O–H groups in total. The highest BCUT2D eigenvalue weighted by atomic mass is 79.9. The number of hydrogen-bond donors (Lipinski definition) is 2. The average molecular weight is 382 g/mol. The van der Waals surface area contributed by atoms with E-state index in [-0.39, 0.29) is 0 Å². The molecule has 0 bridgehead atoms. The standard InChI is InChI=1S/C17H20BrNO4/c1-16(2,3)17(19-15(20)21,11-6-5-7-12(18)10-11)13-8-9-14(22-4)23-13/h5-10,19H,1-4H3,(H,20,21). The minimum atomic E-state index is -1.13. The molecule has 2 aromatic rings. The van der Waals surface area contributed by atoms with Crippen molar-refractivity contribution < 1.29 is 19.1 Å². The van der Waals surface area contributed by atoms with E-state index in [0.29, 0.717) is 11.7 Å². The Labute approximate surface area is 143 Å². The summed E-state index contributed by atoms with van der Waals surface area (Å²) in [5.74, 6) is 0.804. The van der Waals surface area contributed by atoms with Crippen LogP contribution in [0.1, 0.15) is 32.1 Å². The third-order valence-electron chi connectivity index (χ3n) is 3.83. The Morgan fingerprint density at radius 2 is 1.96 bits per heavy atom. The lowest BCUT2D eigenvalue weighted by atomic mass is 9.68. The number of hydrogen-bond acceptors (Lipinski definition) is 3. The van der Waals surface area contributed by atoms with Gasteiger partial charge < -0.3 is 19.6 Å². The summed E-state index contributed by atoms with van der Waals surface area (Å²) < 4.78 is 11.7. The summed E-state index contributed by atoms with van der Waals surface area (Å²) in [5, 5.41) is 12.1. The minimum absolute atomic E-state index is 0.329. The average Bonchev–Trinajstić information content (AvgIpc) is 2.92. The topological polar surface area (TPSA) is 71.7 Å². The van der Waals surface area contributed by atoms with Gasteiger partial charge in [0.05, 0.1) is 7.11 Å². The Hall–Kier alpha value is -1.95. The van der Waals surface area contributed by atoms with E-state index in [1.807, 2.05) is 45.0 Å². The molecular weight excluding hydrogens is 362 g/mol. The van der Waals surface area contributed by atoms with Gasteiger partial charge in [-0.15, -0.1) is 0 Å². The zero-order chi connectivity index (χ0) is 17.3.